The SMILES string of the molecule is CC(C)(C)CCC(=O)OC[C@]1(C#N)CCC(c2ccc3c(N)ncnn23)O1. The third-order valence-electron chi connectivity index (χ3n) is 4.77. The fraction of sp³-hybridized carbons (Fsp3) is 0.579. The standard InChI is InChI=1S/C19H25N5O3/c1-18(2,3)8-7-16(25)26-11-19(10-20)9-6-15(27-19)13-4-5-14-17(21)22-12-23-24(13)14/h4-5,12,15H,6-9,11H2,1-3H3,(H2,21,22,23)/t15?,19-/m1/s1. The second kappa shape index (κ2) is 7.16. The number of nitrogens with zero attached hydrogens (tertiary/aromatic N) is 4. The molecule has 27 heavy (non-hydrogen) atoms. The highest BCUT2D eigenvalue weighted by Crippen LogP contribution is 2.40. The Labute approximate surface area is 158 Å². The maximum absolute atomic E-state index is 12.0. The lowest BCUT2D eigenvalue weighted by Gasteiger charge is -2.22. The van der Waals surface area contributed by atoms with E-state index in [9.17, 15) is 10.1 Å². The van der Waals surface area contributed by atoms with Crippen LogP contribution in [0.5, 0.6) is 0 Å². The molecule has 2 aromatic rings. The van der Waals surface area contributed by atoms with Crippen molar-refractivity contribution in [3.63, 3.8) is 0 Å². The summed E-state index contributed by atoms with van der Waals surface area (Å²) in [6.07, 6.45) is 3.22. The lowest BCUT2D eigenvalue weighted by atomic mass is 9.91. The molecule has 1 fully saturated rings. The van der Waals surface area contributed by atoms with Gasteiger partial charge in [0.1, 0.15) is 30.6 Å². The Morgan fingerprint density at radius 3 is 3.00 bits per heavy atom. The van der Waals surface area contributed by atoms with Crippen molar-refractivity contribution in [1.29, 1.82) is 5.26 Å². The first-order valence-corrected chi connectivity index (χ1v) is 9.06. The van der Waals surface area contributed by atoms with Crippen molar-refractivity contribution in [2.45, 2.75) is 58.2 Å². The average molecular weight is 371 g/mol. The summed E-state index contributed by atoms with van der Waals surface area (Å²) in [5, 5.41) is 13.9. The molecule has 1 aliphatic rings. The molecule has 0 radical (unpaired) electrons. The lowest BCUT2D eigenvalue weighted by Crippen LogP contribution is -2.33. The molecule has 0 saturated carbocycles. The molecule has 1 saturated heterocycles. The van der Waals surface area contributed by atoms with Gasteiger partial charge in [0.2, 0.25) is 0 Å². The summed E-state index contributed by atoms with van der Waals surface area (Å²) in [7, 11) is 0. The maximum atomic E-state index is 12.0. The number of hydrogen-bond acceptors (Lipinski definition) is 7. The fourth-order valence-electron chi connectivity index (χ4n) is 3.15. The number of ether oxygens (including phenoxy) is 2. The monoisotopic (exact) mass is 371 g/mol. The summed E-state index contributed by atoms with van der Waals surface area (Å²) < 4.78 is 13.1. The van der Waals surface area contributed by atoms with E-state index in [-0.39, 0.29) is 24.1 Å². The Bertz CT molecular complexity index is 880. The lowest BCUT2D eigenvalue weighted by molar-refractivity contribution is -0.151. The van der Waals surface area contributed by atoms with Crippen molar-refractivity contribution < 1.29 is 14.3 Å². The second-order valence-corrected chi connectivity index (χ2v) is 8.17. The zero-order chi connectivity index (χ0) is 19.7. The molecule has 0 spiro atoms. The fourth-order valence-corrected chi connectivity index (χ4v) is 3.15. The van der Waals surface area contributed by atoms with E-state index >= 15 is 0 Å². The molecule has 0 bridgehead atoms. The van der Waals surface area contributed by atoms with Gasteiger partial charge in [0.05, 0.1) is 5.69 Å². The number of carbonyl (C=O) groups is 1. The normalized spacial score (nSPS) is 22.7. The largest absolute Gasteiger partial charge is 0.461 e. The predicted octanol–water partition coefficient (Wildman–Crippen LogP) is 2.79. The van der Waals surface area contributed by atoms with Gasteiger partial charge in [0.25, 0.3) is 0 Å². The van der Waals surface area contributed by atoms with Gasteiger partial charge < -0.3 is 15.2 Å². The zero-order valence-electron chi connectivity index (χ0n) is 15.9. The van der Waals surface area contributed by atoms with Gasteiger partial charge in [-0.25, -0.2) is 9.50 Å². The maximum Gasteiger partial charge on any atom is 0.305 e. The van der Waals surface area contributed by atoms with Gasteiger partial charge in [-0.3, -0.25) is 4.79 Å². The number of aromatic nitrogens is 3. The average Bonchev–Trinajstić information content (AvgIpc) is 3.23. The minimum atomic E-state index is -1.13. The van der Waals surface area contributed by atoms with Crippen LogP contribution in [0.3, 0.4) is 0 Å². The molecule has 0 aromatic carbocycles. The molecule has 8 nitrogen and oxygen atoms in total. The van der Waals surface area contributed by atoms with Crippen LogP contribution in [-0.2, 0) is 14.3 Å². The van der Waals surface area contributed by atoms with E-state index in [0.29, 0.717) is 30.6 Å². The van der Waals surface area contributed by atoms with Gasteiger partial charge in [-0.05, 0) is 36.8 Å². The molecule has 8 heteroatoms. The van der Waals surface area contributed by atoms with Gasteiger partial charge in [-0.2, -0.15) is 10.4 Å². The first-order valence-electron chi connectivity index (χ1n) is 9.06. The van der Waals surface area contributed by atoms with E-state index in [0.717, 1.165) is 12.1 Å². The number of nitriles is 1. The smallest absolute Gasteiger partial charge is 0.305 e. The molecule has 0 aliphatic carbocycles. The number of nitrogen functional groups attached to an aromatic ring is 1. The van der Waals surface area contributed by atoms with Crippen LogP contribution >= 0.6 is 0 Å². The summed E-state index contributed by atoms with van der Waals surface area (Å²) in [5.41, 5.74) is 6.28. The van der Waals surface area contributed by atoms with Crippen molar-refractivity contribution in [1.82, 2.24) is 14.6 Å². The Morgan fingerprint density at radius 1 is 1.52 bits per heavy atom. The van der Waals surface area contributed by atoms with Gasteiger partial charge in [-0.1, -0.05) is 20.8 Å². The molecule has 2 N–H and O–H groups in total. The molecule has 3 rings (SSSR count). The first-order chi connectivity index (χ1) is 12.7. The molecule has 0 amide bonds. The third-order valence-corrected chi connectivity index (χ3v) is 4.77. The Balaban J connectivity index is 1.66. The highest BCUT2D eigenvalue weighted by atomic mass is 16.6. The van der Waals surface area contributed by atoms with E-state index in [1.165, 1.54) is 6.33 Å². The van der Waals surface area contributed by atoms with E-state index in [1.807, 2.05) is 12.1 Å². The molecule has 2 aromatic heterocycles. The molecule has 1 unspecified atom stereocenters. The van der Waals surface area contributed by atoms with Crippen molar-refractivity contribution in [2.24, 2.45) is 5.41 Å². The molecule has 3 heterocycles. The van der Waals surface area contributed by atoms with Gasteiger partial charge in [0, 0.05) is 6.42 Å². The topological polar surface area (TPSA) is 116 Å². The van der Waals surface area contributed by atoms with Crippen LogP contribution in [0.25, 0.3) is 5.52 Å². The Morgan fingerprint density at radius 2 is 2.30 bits per heavy atom. The van der Waals surface area contributed by atoms with E-state index < -0.39 is 5.60 Å². The van der Waals surface area contributed by atoms with Gasteiger partial charge >= 0.3 is 5.97 Å². The number of rotatable bonds is 5. The molecule has 2 atom stereocenters. The van der Waals surface area contributed by atoms with Crippen molar-refractivity contribution in [2.75, 3.05) is 12.3 Å². The summed E-state index contributed by atoms with van der Waals surface area (Å²) >= 11 is 0. The highest BCUT2D eigenvalue weighted by Gasteiger charge is 2.43. The van der Waals surface area contributed by atoms with E-state index in [4.69, 9.17) is 15.2 Å². The van der Waals surface area contributed by atoms with Crippen molar-refractivity contribution in [3.8, 4) is 6.07 Å². The number of nitrogens with two attached hydrogens (primary N) is 1. The highest BCUT2D eigenvalue weighted by molar-refractivity contribution is 5.69. The summed E-state index contributed by atoms with van der Waals surface area (Å²) in [6, 6.07) is 5.89. The van der Waals surface area contributed by atoms with E-state index in [2.05, 4.69) is 36.9 Å². The van der Waals surface area contributed by atoms with Crippen molar-refractivity contribution >= 4 is 17.3 Å². The Kier molecular flexibility index (Phi) is 5.07. The minimum Gasteiger partial charge on any atom is -0.461 e. The van der Waals surface area contributed by atoms with Crippen LogP contribution in [0.4, 0.5) is 5.82 Å². The van der Waals surface area contributed by atoms with Crippen molar-refractivity contribution in [3.05, 3.63) is 24.2 Å². The summed E-state index contributed by atoms with van der Waals surface area (Å²) in [5.74, 6) is 0.0776. The number of fused-ring (bicyclic) bond motifs is 1. The molecular formula is C19H25N5O3. The number of esters is 1. The molecule has 1 aliphatic heterocycles. The quantitative estimate of drug-likeness (QED) is 0.803. The van der Waals surface area contributed by atoms with Crippen LogP contribution in [0, 0.1) is 16.7 Å². The zero-order valence-corrected chi connectivity index (χ0v) is 15.9. The number of anilines is 1. The summed E-state index contributed by atoms with van der Waals surface area (Å²) in [6.45, 7) is 6.14. The van der Waals surface area contributed by atoms with Crippen LogP contribution < -0.4 is 5.73 Å². The third kappa shape index (κ3) is 4.19. The summed E-state index contributed by atoms with van der Waals surface area (Å²) in [4.78, 5) is 16.0. The molecular weight excluding hydrogens is 346 g/mol. The van der Waals surface area contributed by atoms with Crippen LogP contribution in [0.15, 0.2) is 18.5 Å². The predicted molar refractivity (Wildman–Crippen MR) is 98.5 cm³/mol. The molecule has 144 valence electrons. The first kappa shape index (κ1) is 19.1. The Hall–Kier alpha value is -2.66. The minimum absolute atomic E-state index is 0.0562. The van der Waals surface area contributed by atoms with Crippen LogP contribution in [0.2, 0.25) is 0 Å². The number of carbonyl (C=O) groups excluding carboxylic acids is 1. The van der Waals surface area contributed by atoms with Gasteiger partial charge in [-0.15, -0.1) is 0 Å². The second-order valence-electron chi connectivity index (χ2n) is 8.17. The van der Waals surface area contributed by atoms with Gasteiger partial charge in [0.15, 0.2) is 11.4 Å². The van der Waals surface area contributed by atoms with Crippen LogP contribution in [0.1, 0.15) is 58.3 Å². The van der Waals surface area contributed by atoms with E-state index in [1.54, 1.807) is 4.52 Å². The van der Waals surface area contributed by atoms with Crippen LogP contribution in [-0.4, -0.2) is 32.8 Å². The number of hydrogen-bond donors (Lipinski definition) is 1.